The van der Waals surface area contributed by atoms with Gasteiger partial charge in [0, 0.05) is 29.1 Å². The molecule has 2 aromatic carbocycles. The molecule has 5 nitrogen and oxygen atoms in total. The van der Waals surface area contributed by atoms with Crippen LogP contribution in [-0.4, -0.2) is 46.0 Å². The highest BCUT2D eigenvalue weighted by atomic mass is 19.4. The maximum absolute atomic E-state index is 15.3. The summed E-state index contributed by atoms with van der Waals surface area (Å²) in [5.74, 6) is -1.96. The second-order valence-electron chi connectivity index (χ2n) is 9.16. The van der Waals surface area contributed by atoms with Crippen molar-refractivity contribution in [1.82, 2.24) is 15.1 Å². The smallest absolute Gasteiger partial charge is 0.401 e. The van der Waals surface area contributed by atoms with Crippen LogP contribution < -0.4 is 10.5 Å². The van der Waals surface area contributed by atoms with Crippen LogP contribution in [-0.2, 0) is 6.42 Å². The minimum absolute atomic E-state index is 0.0396. The first kappa shape index (κ1) is 22.1. The van der Waals surface area contributed by atoms with Crippen LogP contribution in [0.25, 0.3) is 10.9 Å². The highest BCUT2D eigenvalue weighted by Crippen LogP contribution is 2.44. The average molecular weight is 466 g/mol. The molecular formula is C23H23F5N4O. The fraction of sp³-hybridized carbons (Fsp3) is 0.435. The van der Waals surface area contributed by atoms with Crippen molar-refractivity contribution in [3.63, 3.8) is 0 Å². The summed E-state index contributed by atoms with van der Waals surface area (Å²) in [5.41, 5.74) is 6.92. The number of nitrogens with two attached hydrogens (primary N) is 1. The number of benzene rings is 2. The van der Waals surface area contributed by atoms with Crippen molar-refractivity contribution in [2.75, 3.05) is 13.2 Å². The Morgan fingerprint density at radius 2 is 1.91 bits per heavy atom. The number of H-pyrrole nitrogens is 1. The predicted octanol–water partition coefficient (Wildman–Crippen LogP) is 4.61. The Bertz CT molecular complexity index is 1180. The van der Waals surface area contributed by atoms with Gasteiger partial charge in [-0.15, -0.1) is 0 Å². The third-order valence-electron chi connectivity index (χ3n) is 6.57. The molecule has 33 heavy (non-hydrogen) atoms. The fourth-order valence-corrected chi connectivity index (χ4v) is 4.64. The molecule has 0 saturated heterocycles. The second-order valence-corrected chi connectivity index (χ2v) is 9.16. The summed E-state index contributed by atoms with van der Waals surface area (Å²) in [7, 11) is 0. The van der Waals surface area contributed by atoms with Crippen molar-refractivity contribution in [2.45, 2.75) is 50.0 Å². The van der Waals surface area contributed by atoms with Gasteiger partial charge in [-0.1, -0.05) is 6.07 Å². The van der Waals surface area contributed by atoms with Crippen molar-refractivity contribution in [1.29, 1.82) is 0 Å². The van der Waals surface area contributed by atoms with Gasteiger partial charge in [-0.2, -0.15) is 18.3 Å². The summed E-state index contributed by atoms with van der Waals surface area (Å²) in [6, 6.07) is 3.44. The number of nitrogens with one attached hydrogen (secondary N) is 1. The molecule has 1 saturated carbocycles. The van der Waals surface area contributed by atoms with E-state index < -0.39 is 47.5 Å². The van der Waals surface area contributed by atoms with Gasteiger partial charge in [-0.05, 0) is 43.4 Å². The summed E-state index contributed by atoms with van der Waals surface area (Å²) in [6.07, 6.45) is -1.13. The SMILES string of the molecule is C[C@@H]1Cc2c(ccc3[nH]ncc23)[C@@H](c2c(F)cc(OCC3(N)CC3)cc2F)N1CC(F)(F)F. The van der Waals surface area contributed by atoms with Gasteiger partial charge in [0.15, 0.2) is 0 Å². The first-order valence-electron chi connectivity index (χ1n) is 10.7. The number of nitrogens with zero attached hydrogens (tertiary/aromatic N) is 2. The molecule has 5 rings (SSSR count). The van der Waals surface area contributed by atoms with Gasteiger partial charge in [-0.25, -0.2) is 8.78 Å². The van der Waals surface area contributed by atoms with Crippen molar-refractivity contribution < 1.29 is 26.7 Å². The van der Waals surface area contributed by atoms with Crippen LogP contribution in [0, 0.1) is 11.6 Å². The Hall–Kier alpha value is -2.72. The summed E-state index contributed by atoms with van der Waals surface area (Å²) < 4.78 is 76.6. The normalized spacial score (nSPS) is 22.4. The zero-order valence-electron chi connectivity index (χ0n) is 17.8. The Morgan fingerprint density at radius 3 is 2.55 bits per heavy atom. The van der Waals surface area contributed by atoms with E-state index in [1.165, 1.54) is 0 Å². The van der Waals surface area contributed by atoms with Gasteiger partial charge in [0.25, 0.3) is 0 Å². The molecule has 0 bridgehead atoms. The number of hydrogen-bond donors (Lipinski definition) is 2. The standard InChI is InChI=1S/C23H23F5N4O/c1-12-6-15-14(2-3-19-16(15)9-30-31-19)21(32(12)10-23(26,27)28)20-17(24)7-13(8-18(20)25)33-11-22(29)4-5-22/h2-3,7-9,12,21H,4-6,10-11,29H2,1H3,(H,30,31)/t12-,21+/m1/s1. The Kier molecular flexibility index (Phi) is 5.13. The molecule has 2 heterocycles. The zero-order valence-corrected chi connectivity index (χ0v) is 17.8. The minimum Gasteiger partial charge on any atom is -0.491 e. The Morgan fingerprint density at radius 1 is 1.21 bits per heavy atom. The van der Waals surface area contributed by atoms with E-state index in [1.807, 2.05) is 0 Å². The first-order valence-corrected chi connectivity index (χ1v) is 10.7. The number of halogens is 5. The summed E-state index contributed by atoms with van der Waals surface area (Å²) in [5, 5.41) is 7.57. The molecular weight excluding hydrogens is 443 g/mol. The van der Waals surface area contributed by atoms with Crippen molar-refractivity contribution >= 4 is 10.9 Å². The predicted molar refractivity (Wildman–Crippen MR) is 112 cm³/mol. The zero-order chi connectivity index (χ0) is 23.5. The van der Waals surface area contributed by atoms with Crippen LogP contribution >= 0.6 is 0 Å². The average Bonchev–Trinajstić information content (AvgIpc) is 3.26. The number of rotatable bonds is 5. The summed E-state index contributed by atoms with van der Waals surface area (Å²) in [4.78, 5) is 1.11. The number of aromatic nitrogens is 2. The van der Waals surface area contributed by atoms with Crippen molar-refractivity contribution in [3.8, 4) is 5.75 Å². The molecule has 3 aromatic rings. The van der Waals surface area contributed by atoms with E-state index in [2.05, 4.69) is 10.2 Å². The molecule has 176 valence electrons. The van der Waals surface area contributed by atoms with Gasteiger partial charge < -0.3 is 10.5 Å². The molecule has 1 aliphatic heterocycles. The third-order valence-corrected chi connectivity index (χ3v) is 6.57. The Labute approximate surface area is 186 Å². The van der Waals surface area contributed by atoms with Crippen LogP contribution in [0.15, 0.2) is 30.5 Å². The number of hydrogen-bond acceptors (Lipinski definition) is 4. The lowest BCUT2D eigenvalue weighted by Crippen LogP contribution is -2.47. The second kappa shape index (κ2) is 7.66. The molecule has 3 N–H and O–H groups in total. The lowest BCUT2D eigenvalue weighted by Gasteiger charge is -2.42. The van der Waals surface area contributed by atoms with Crippen LogP contribution in [0.3, 0.4) is 0 Å². The molecule has 2 atom stereocenters. The number of alkyl halides is 3. The molecule has 1 fully saturated rings. The van der Waals surface area contributed by atoms with Crippen LogP contribution in [0.1, 0.15) is 42.5 Å². The topological polar surface area (TPSA) is 67.2 Å². The van der Waals surface area contributed by atoms with E-state index >= 15 is 8.78 Å². The minimum atomic E-state index is -4.54. The monoisotopic (exact) mass is 466 g/mol. The van der Waals surface area contributed by atoms with Gasteiger partial charge in [0.1, 0.15) is 24.0 Å². The molecule has 0 amide bonds. The van der Waals surface area contributed by atoms with Gasteiger partial charge in [0.05, 0.1) is 29.8 Å². The molecule has 0 spiro atoms. The molecule has 1 aliphatic carbocycles. The highest BCUT2D eigenvalue weighted by molar-refractivity contribution is 5.83. The lowest BCUT2D eigenvalue weighted by molar-refractivity contribution is -0.155. The summed E-state index contributed by atoms with van der Waals surface area (Å²) in [6.45, 7) is 0.450. The van der Waals surface area contributed by atoms with Gasteiger partial charge in [0.2, 0.25) is 0 Å². The van der Waals surface area contributed by atoms with Crippen LogP contribution in [0.2, 0.25) is 0 Å². The van der Waals surface area contributed by atoms with Gasteiger partial charge >= 0.3 is 6.18 Å². The maximum atomic E-state index is 15.3. The lowest BCUT2D eigenvalue weighted by atomic mass is 9.83. The number of aromatic amines is 1. The fourth-order valence-electron chi connectivity index (χ4n) is 4.64. The van der Waals surface area contributed by atoms with E-state index in [4.69, 9.17) is 10.5 Å². The van der Waals surface area contributed by atoms with Crippen molar-refractivity contribution in [2.24, 2.45) is 5.73 Å². The molecule has 0 unspecified atom stereocenters. The third kappa shape index (κ3) is 4.17. The highest BCUT2D eigenvalue weighted by Gasteiger charge is 2.43. The molecule has 0 radical (unpaired) electrons. The van der Waals surface area contributed by atoms with Crippen molar-refractivity contribution in [3.05, 3.63) is 58.8 Å². The largest absolute Gasteiger partial charge is 0.491 e. The van der Waals surface area contributed by atoms with E-state index in [9.17, 15) is 13.2 Å². The van der Waals surface area contributed by atoms with Gasteiger partial charge in [-0.3, -0.25) is 10.00 Å². The van der Waals surface area contributed by atoms with E-state index in [0.29, 0.717) is 17.5 Å². The molecule has 1 aromatic heterocycles. The quantitative estimate of drug-likeness (QED) is 0.539. The van der Waals surface area contributed by atoms with Crippen LogP contribution in [0.4, 0.5) is 22.0 Å². The Balaban J connectivity index is 1.61. The number of ether oxygens (including phenoxy) is 1. The van der Waals surface area contributed by atoms with E-state index in [-0.39, 0.29) is 12.4 Å². The van der Waals surface area contributed by atoms with E-state index in [0.717, 1.165) is 40.8 Å². The molecule has 2 aliphatic rings. The van der Waals surface area contributed by atoms with E-state index in [1.54, 1.807) is 25.3 Å². The van der Waals surface area contributed by atoms with Crippen LogP contribution in [0.5, 0.6) is 5.75 Å². The number of fused-ring (bicyclic) bond motifs is 3. The summed E-state index contributed by atoms with van der Waals surface area (Å²) >= 11 is 0. The maximum Gasteiger partial charge on any atom is 0.401 e. The first-order chi connectivity index (χ1) is 15.5. The molecule has 10 heteroatoms.